The summed E-state index contributed by atoms with van der Waals surface area (Å²) in [7, 11) is 0. The molecular weight excluding hydrogens is 498 g/mol. The summed E-state index contributed by atoms with van der Waals surface area (Å²) < 4.78 is 0. The molecule has 0 fully saturated rings. The summed E-state index contributed by atoms with van der Waals surface area (Å²) >= 11 is 0. The summed E-state index contributed by atoms with van der Waals surface area (Å²) in [5, 5.41) is 3.14. The van der Waals surface area contributed by atoms with Crippen LogP contribution in [0.3, 0.4) is 0 Å². The number of hydrazine groups is 1. The number of amides is 1. The van der Waals surface area contributed by atoms with E-state index in [2.05, 4.69) is 21.5 Å². The number of carbonyl (C=O) groups excluding carboxylic acids is 5. The number of anilines is 2. The Labute approximate surface area is 220 Å². The first kappa shape index (κ1) is 23.6. The van der Waals surface area contributed by atoms with Gasteiger partial charge in [0.2, 0.25) is 0 Å². The Hall–Kier alpha value is -5.77. The lowest BCUT2D eigenvalue weighted by Gasteiger charge is -2.22. The highest BCUT2D eigenvalue weighted by Gasteiger charge is 2.34. The molecule has 10 heteroatoms. The van der Waals surface area contributed by atoms with Gasteiger partial charge in [-0.05, 0) is 30.3 Å². The average Bonchev–Trinajstić information content (AvgIpc) is 2.97. The lowest BCUT2D eigenvalue weighted by Crippen LogP contribution is -2.31. The maximum absolute atomic E-state index is 13.3. The van der Waals surface area contributed by atoms with E-state index in [0.717, 1.165) is 0 Å². The maximum atomic E-state index is 13.3. The summed E-state index contributed by atoms with van der Waals surface area (Å²) in [6.07, 6.45) is 0. The van der Waals surface area contributed by atoms with Crippen molar-refractivity contribution in [2.24, 2.45) is 5.22 Å². The average molecular weight is 515 g/mol. The van der Waals surface area contributed by atoms with Crippen molar-refractivity contribution in [3.05, 3.63) is 129 Å². The number of ketones is 4. The van der Waals surface area contributed by atoms with Crippen LogP contribution < -0.4 is 16.3 Å². The summed E-state index contributed by atoms with van der Waals surface area (Å²) in [4.78, 5) is 65.3. The van der Waals surface area contributed by atoms with Gasteiger partial charge in [-0.2, -0.15) is 5.53 Å². The summed E-state index contributed by atoms with van der Waals surface area (Å²) in [5.41, 5.74) is 16.7. The molecule has 1 amide bonds. The van der Waals surface area contributed by atoms with Crippen molar-refractivity contribution in [1.82, 2.24) is 5.43 Å². The molecule has 0 radical (unpaired) electrons. The molecule has 2 aliphatic carbocycles. The van der Waals surface area contributed by atoms with E-state index in [4.69, 9.17) is 5.53 Å². The lowest BCUT2D eigenvalue weighted by atomic mass is 9.82. The van der Waals surface area contributed by atoms with E-state index < -0.39 is 11.7 Å². The number of benzene rings is 4. The van der Waals surface area contributed by atoms with Crippen LogP contribution in [-0.4, -0.2) is 29.0 Å². The molecule has 0 unspecified atom stereocenters. The van der Waals surface area contributed by atoms with Gasteiger partial charge in [0.1, 0.15) is 0 Å². The fraction of sp³-hybridized carbons (Fsp3) is 0. The molecule has 6 rings (SSSR count). The Morgan fingerprint density at radius 3 is 1.74 bits per heavy atom. The van der Waals surface area contributed by atoms with E-state index in [1.165, 1.54) is 30.3 Å². The molecule has 0 aliphatic heterocycles. The van der Waals surface area contributed by atoms with E-state index in [-0.39, 0.29) is 62.0 Å². The number of fused-ring (bicyclic) bond motifs is 4. The second-order valence-corrected chi connectivity index (χ2v) is 8.88. The number of rotatable bonds is 5. The zero-order chi connectivity index (χ0) is 27.3. The standard InChI is InChI=1S/C29H17N5O5/c30-34-32-24-21(12-11-20-23(24)28(38)18-8-4-3-7-17(18)26(20)36)29(39)33-31-14-9-10-19-22(13-14)27(37)16-6-2-1-5-15(16)25(19)35/h1-13,31H,(H2,30,32)(H,33,39). The van der Waals surface area contributed by atoms with Gasteiger partial charge in [-0.1, -0.05) is 53.8 Å². The first-order chi connectivity index (χ1) is 18.9. The van der Waals surface area contributed by atoms with Gasteiger partial charge in [-0.25, -0.2) is 0 Å². The Morgan fingerprint density at radius 1 is 0.615 bits per heavy atom. The fourth-order valence-electron chi connectivity index (χ4n) is 4.92. The third-order valence-electron chi connectivity index (χ3n) is 6.75. The van der Waals surface area contributed by atoms with Crippen LogP contribution in [0.2, 0.25) is 0 Å². The number of nitrogens with zero attached hydrogens (tertiary/aromatic N) is 1. The SMILES string of the molecule is N=NNc1c(C(=O)NNc2ccc3c(c2)C(=O)c2ccccc2C3=O)ccc2c1C(=O)c1ccccc1C2=O. The van der Waals surface area contributed by atoms with E-state index >= 15 is 0 Å². The number of hydrogen-bond donors (Lipinski definition) is 4. The second kappa shape index (κ2) is 8.96. The molecule has 2 aliphatic rings. The third-order valence-corrected chi connectivity index (χ3v) is 6.75. The van der Waals surface area contributed by atoms with Crippen molar-refractivity contribution >= 4 is 40.4 Å². The van der Waals surface area contributed by atoms with Crippen molar-refractivity contribution in [2.75, 3.05) is 10.9 Å². The van der Waals surface area contributed by atoms with Crippen molar-refractivity contribution in [2.45, 2.75) is 0 Å². The van der Waals surface area contributed by atoms with Gasteiger partial charge in [-0.15, -0.1) is 0 Å². The smallest absolute Gasteiger partial charge is 0.271 e. The molecule has 39 heavy (non-hydrogen) atoms. The van der Waals surface area contributed by atoms with Crippen LogP contribution in [0.15, 0.2) is 84.1 Å². The predicted octanol–water partition coefficient (Wildman–Crippen LogP) is 4.35. The van der Waals surface area contributed by atoms with E-state index in [1.54, 1.807) is 48.5 Å². The molecule has 0 heterocycles. The first-order valence-corrected chi connectivity index (χ1v) is 11.8. The minimum absolute atomic E-state index is 0.0454. The highest BCUT2D eigenvalue weighted by molar-refractivity contribution is 6.31. The van der Waals surface area contributed by atoms with Gasteiger partial charge < -0.3 is 0 Å². The quantitative estimate of drug-likeness (QED) is 0.196. The van der Waals surface area contributed by atoms with Crippen LogP contribution >= 0.6 is 0 Å². The molecule has 0 saturated heterocycles. The lowest BCUT2D eigenvalue weighted by molar-refractivity contribution is 0.0959. The predicted molar refractivity (Wildman–Crippen MR) is 139 cm³/mol. The van der Waals surface area contributed by atoms with Gasteiger partial charge in [0.25, 0.3) is 5.91 Å². The van der Waals surface area contributed by atoms with Gasteiger partial charge in [0, 0.05) is 38.9 Å². The molecule has 188 valence electrons. The first-order valence-electron chi connectivity index (χ1n) is 11.8. The van der Waals surface area contributed by atoms with Gasteiger partial charge in [0.05, 0.1) is 22.5 Å². The maximum Gasteiger partial charge on any atom is 0.271 e. The molecule has 10 nitrogen and oxygen atoms in total. The largest absolute Gasteiger partial charge is 0.298 e. The molecule has 4 N–H and O–H groups in total. The molecule has 4 aromatic rings. The van der Waals surface area contributed by atoms with E-state index in [9.17, 15) is 24.0 Å². The highest BCUT2D eigenvalue weighted by atomic mass is 16.2. The van der Waals surface area contributed by atoms with Crippen molar-refractivity contribution < 1.29 is 24.0 Å². The van der Waals surface area contributed by atoms with Crippen LogP contribution in [0.5, 0.6) is 0 Å². The minimum atomic E-state index is -0.700. The number of carbonyl (C=O) groups is 5. The Balaban J connectivity index is 1.30. The summed E-state index contributed by atoms with van der Waals surface area (Å²) in [6.45, 7) is 0. The second-order valence-electron chi connectivity index (χ2n) is 8.88. The van der Waals surface area contributed by atoms with Crippen LogP contribution in [0.25, 0.3) is 0 Å². The van der Waals surface area contributed by atoms with Crippen molar-refractivity contribution in [3.63, 3.8) is 0 Å². The fourth-order valence-corrected chi connectivity index (χ4v) is 4.92. The molecule has 0 aromatic heterocycles. The van der Waals surface area contributed by atoms with Gasteiger partial charge in [-0.3, -0.25) is 40.3 Å². The Bertz CT molecular complexity index is 1810. The summed E-state index contributed by atoms with van der Waals surface area (Å²) in [5.74, 6) is -2.13. The van der Waals surface area contributed by atoms with Crippen LogP contribution in [0.4, 0.5) is 11.4 Å². The third kappa shape index (κ3) is 3.62. The molecule has 0 bridgehead atoms. The number of nitrogens with one attached hydrogen (secondary N) is 4. The highest BCUT2D eigenvalue weighted by Crippen LogP contribution is 2.34. The zero-order valence-corrected chi connectivity index (χ0v) is 20.0. The Morgan fingerprint density at radius 2 is 1.13 bits per heavy atom. The van der Waals surface area contributed by atoms with Gasteiger partial charge >= 0.3 is 0 Å². The topological polar surface area (TPSA) is 158 Å². The molecular formula is C29H17N5O5. The van der Waals surface area contributed by atoms with Crippen molar-refractivity contribution in [1.29, 1.82) is 5.53 Å². The normalized spacial score (nSPS) is 13.0. The monoisotopic (exact) mass is 515 g/mol. The molecule has 0 atom stereocenters. The molecule has 0 saturated carbocycles. The zero-order valence-electron chi connectivity index (χ0n) is 20.0. The Kier molecular flexibility index (Phi) is 5.43. The molecule has 4 aromatic carbocycles. The van der Waals surface area contributed by atoms with E-state index in [1.807, 2.05) is 0 Å². The van der Waals surface area contributed by atoms with E-state index in [0.29, 0.717) is 16.8 Å². The van der Waals surface area contributed by atoms with Crippen LogP contribution in [0.1, 0.15) is 74.0 Å². The molecule has 0 spiro atoms. The van der Waals surface area contributed by atoms with Crippen molar-refractivity contribution in [3.8, 4) is 0 Å². The van der Waals surface area contributed by atoms with Gasteiger partial charge in [0.15, 0.2) is 23.1 Å². The van der Waals surface area contributed by atoms with Crippen LogP contribution in [-0.2, 0) is 0 Å². The van der Waals surface area contributed by atoms with Crippen LogP contribution in [0, 0.1) is 5.53 Å². The summed E-state index contributed by atoms with van der Waals surface area (Å²) in [6, 6.07) is 20.2. The number of hydrogen-bond acceptors (Lipinski definition) is 8. The minimum Gasteiger partial charge on any atom is -0.298 e.